The van der Waals surface area contributed by atoms with Crippen molar-refractivity contribution in [2.75, 3.05) is 0 Å². The third-order valence-electron chi connectivity index (χ3n) is 8.74. The summed E-state index contributed by atoms with van der Waals surface area (Å²) >= 11 is 3.63. The van der Waals surface area contributed by atoms with Crippen molar-refractivity contribution in [3.05, 3.63) is 174 Å². The SMILES string of the molecule is Brc1cccc(-c2cccc(-c3ccc4c(c3)c3ccccc3n4-c3cc(-c4ccccc4)cc(C4C=CC=CC4)c3)c2)c1. The molecule has 1 aromatic heterocycles. The van der Waals surface area contributed by atoms with Crippen molar-refractivity contribution in [3.63, 3.8) is 0 Å². The smallest absolute Gasteiger partial charge is 0.0541 e. The molecular formula is C42H30BrN. The van der Waals surface area contributed by atoms with Crippen LogP contribution >= 0.6 is 15.9 Å². The Morgan fingerprint density at radius 1 is 0.500 bits per heavy atom. The molecule has 0 amide bonds. The maximum Gasteiger partial charge on any atom is 0.0541 e. The van der Waals surface area contributed by atoms with E-state index in [-0.39, 0.29) is 0 Å². The van der Waals surface area contributed by atoms with Crippen LogP contribution in [0.4, 0.5) is 0 Å². The Labute approximate surface area is 266 Å². The number of benzene rings is 6. The van der Waals surface area contributed by atoms with Gasteiger partial charge in [-0.1, -0.05) is 131 Å². The van der Waals surface area contributed by atoms with Crippen molar-refractivity contribution >= 4 is 37.7 Å². The van der Waals surface area contributed by atoms with Crippen LogP contribution in [0.5, 0.6) is 0 Å². The maximum absolute atomic E-state index is 3.63. The highest BCUT2D eigenvalue weighted by molar-refractivity contribution is 9.10. The molecule has 0 radical (unpaired) electrons. The fraction of sp³-hybridized carbons (Fsp3) is 0.0476. The summed E-state index contributed by atoms with van der Waals surface area (Å²) in [5, 5.41) is 2.53. The lowest BCUT2D eigenvalue weighted by molar-refractivity contribution is 0.852. The van der Waals surface area contributed by atoms with Crippen LogP contribution in [0.1, 0.15) is 17.9 Å². The van der Waals surface area contributed by atoms with E-state index >= 15 is 0 Å². The van der Waals surface area contributed by atoms with Crippen LogP contribution in [-0.2, 0) is 0 Å². The molecule has 0 saturated carbocycles. The molecule has 2 heteroatoms. The quantitative estimate of drug-likeness (QED) is 0.179. The summed E-state index contributed by atoms with van der Waals surface area (Å²) in [7, 11) is 0. The van der Waals surface area contributed by atoms with Gasteiger partial charge in [0.2, 0.25) is 0 Å². The Balaban J connectivity index is 1.31. The topological polar surface area (TPSA) is 4.93 Å². The minimum Gasteiger partial charge on any atom is -0.309 e. The van der Waals surface area contributed by atoms with Crippen molar-refractivity contribution in [2.45, 2.75) is 12.3 Å². The number of fused-ring (bicyclic) bond motifs is 3. The summed E-state index contributed by atoms with van der Waals surface area (Å²) in [6.07, 6.45) is 9.94. The van der Waals surface area contributed by atoms with Crippen LogP contribution in [0.3, 0.4) is 0 Å². The van der Waals surface area contributed by atoms with E-state index in [1.807, 2.05) is 0 Å². The van der Waals surface area contributed by atoms with Gasteiger partial charge in [0.25, 0.3) is 0 Å². The molecule has 8 rings (SSSR count). The number of hydrogen-bond donors (Lipinski definition) is 0. The third kappa shape index (κ3) is 4.92. The molecule has 0 saturated heterocycles. The van der Waals surface area contributed by atoms with Gasteiger partial charge in [-0.2, -0.15) is 0 Å². The first-order valence-corrected chi connectivity index (χ1v) is 15.9. The molecule has 1 aliphatic rings. The van der Waals surface area contributed by atoms with Gasteiger partial charge in [-0.15, -0.1) is 0 Å². The number of aromatic nitrogens is 1. The summed E-state index contributed by atoms with van der Waals surface area (Å²) < 4.78 is 3.54. The molecule has 1 heterocycles. The average molecular weight is 629 g/mol. The molecule has 7 aromatic rings. The summed E-state index contributed by atoms with van der Waals surface area (Å²) in [6, 6.07) is 51.0. The van der Waals surface area contributed by atoms with Crippen LogP contribution in [-0.4, -0.2) is 4.57 Å². The molecule has 0 N–H and O–H groups in total. The molecule has 1 unspecified atom stereocenters. The first kappa shape index (κ1) is 26.7. The third-order valence-corrected chi connectivity index (χ3v) is 9.23. The van der Waals surface area contributed by atoms with E-state index in [0.29, 0.717) is 5.92 Å². The Hall–Kier alpha value is -4.92. The van der Waals surface area contributed by atoms with Gasteiger partial charge in [0.05, 0.1) is 11.0 Å². The second kappa shape index (κ2) is 11.3. The maximum atomic E-state index is 3.63. The van der Waals surface area contributed by atoms with Gasteiger partial charge in [0.1, 0.15) is 0 Å². The molecule has 210 valence electrons. The Morgan fingerprint density at radius 2 is 1.20 bits per heavy atom. The summed E-state index contributed by atoms with van der Waals surface area (Å²) in [5.41, 5.74) is 12.3. The molecule has 0 spiro atoms. The average Bonchev–Trinajstić information content (AvgIpc) is 3.43. The van der Waals surface area contributed by atoms with E-state index in [9.17, 15) is 0 Å². The number of nitrogens with zero attached hydrogens (tertiary/aromatic N) is 1. The zero-order valence-corrected chi connectivity index (χ0v) is 25.8. The highest BCUT2D eigenvalue weighted by atomic mass is 79.9. The van der Waals surface area contributed by atoms with E-state index in [2.05, 4.69) is 184 Å². The Bertz CT molecular complexity index is 2220. The molecule has 1 atom stereocenters. The highest BCUT2D eigenvalue weighted by Crippen LogP contribution is 2.38. The lowest BCUT2D eigenvalue weighted by Crippen LogP contribution is -2.01. The minimum absolute atomic E-state index is 0.361. The Morgan fingerprint density at radius 3 is 2.00 bits per heavy atom. The van der Waals surface area contributed by atoms with Gasteiger partial charge >= 0.3 is 0 Å². The van der Waals surface area contributed by atoms with Crippen molar-refractivity contribution in [1.29, 1.82) is 0 Å². The summed E-state index contributed by atoms with van der Waals surface area (Å²) in [6.45, 7) is 0. The lowest BCUT2D eigenvalue weighted by Gasteiger charge is -2.18. The monoisotopic (exact) mass is 627 g/mol. The lowest BCUT2D eigenvalue weighted by atomic mass is 9.89. The molecule has 6 aromatic carbocycles. The fourth-order valence-electron chi connectivity index (χ4n) is 6.58. The van der Waals surface area contributed by atoms with Crippen molar-refractivity contribution in [2.24, 2.45) is 0 Å². The zero-order chi connectivity index (χ0) is 29.5. The van der Waals surface area contributed by atoms with Crippen LogP contribution in [0.25, 0.3) is 60.9 Å². The van der Waals surface area contributed by atoms with Gasteiger partial charge in [-0.05, 0) is 93.9 Å². The van der Waals surface area contributed by atoms with Crippen molar-refractivity contribution < 1.29 is 0 Å². The molecule has 0 fully saturated rings. The molecule has 0 bridgehead atoms. The van der Waals surface area contributed by atoms with E-state index in [4.69, 9.17) is 0 Å². The summed E-state index contributed by atoms with van der Waals surface area (Å²) in [5.74, 6) is 0.361. The van der Waals surface area contributed by atoms with Crippen LogP contribution < -0.4 is 0 Å². The highest BCUT2D eigenvalue weighted by Gasteiger charge is 2.17. The van der Waals surface area contributed by atoms with Crippen LogP contribution in [0.2, 0.25) is 0 Å². The summed E-state index contributed by atoms with van der Waals surface area (Å²) in [4.78, 5) is 0. The van der Waals surface area contributed by atoms with Crippen LogP contribution in [0.15, 0.2) is 168 Å². The largest absolute Gasteiger partial charge is 0.309 e. The van der Waals surface area contributed by atoms with E-state index in [0.717, 1.165) is 10.9 Å². The standard InChI is InChI=1S/C42H30BrN/c43-37-18-10-17-33(25-37)31-15-9-16-32(23-31)34-21-22-42-40(28-34)39-19-7-8-20-41(39)44(42)38-26-35(29-11-3-1-4-12-29)24-36(27-38)30-13-5-2-6-14-30/h1-13,15-28,30H,14H2. The first-order valence-electron chi connectivity index (χ1n) is 15.1. The number of hydrogen-bond acceptors (Lipinski definition) is 0. The number of rotatable bonds is 5. The van der Waals surface area contributed by atoms with Gasteiger partial charge in [0, 0.05) is 26.9 Å². The van der Waals surface area contributed by atoms with E-state index in [1.54, 1.807) is 0 Å². The zero-order valence-electron chi connectivity index (χ0n) is 24.2. The molecule has 44 heavy (non-hydrogen) atoms. The molecule has 1 aliphatic carbocycles. The van der Waals surface area contributed by atoms with Gasteiger partial charge in [-0.25, -0.2) is 0 Å². The van der Waals surface area contributed by atoms with Gasteiger partial charge in [0.15, 0.2) is 0 Å². The first-order chi connectivity index (χ1) is 21.7. The van der Waals surface area contributed by atoms with Crippen molar-refractivity contribution in [3.8, 4) is 39.1 Å². The van der Waals surface area contributed by atoms with Crippen LogP contribution in [0, 0.1) is 0 Å². The number of halogens is 1. The van der Waals surface area contributed by atoms with E-state index < -0.39 is 0 Å². The number of allylic oxidation sites excluding steroid dienone is 4. The molecular weight excluding hydrogens is 598 g/mol. The normalized spacial score (nSPS) is 14.4. The number of para-hydroxylation sites is 1. The Kier molecular flexibility index (Phi) is 6.85. The second-order valence-electron chi connectivity index (χ2n) is 11.5. The fourth-order valence-corrected chi connectivity index (χ4v) is 6.98. The van der Waals surface area contributed by atoms with Crippen molar-refractivity contribution in [1.82, 2.24) is 4.57 Å². The van der Waals surface area contributed by atoms with Gasteiger partial charge in [-0.3, -0.25) is 0 Å². The van der Waals surface area contributed by atoms with E-state index in [1.165, 1.54) is 66.4 Å². The van der Waals surface area contributed by atoms with Gasteiger partial charge < -0.3 is 4.57 Å². The molecule has 1 nitrogen and oxygen atoms in total. The predicted octanol–water partition coefficient (Wildman–Crippen LogP) is 12.1. The minimum atomic E-state index is 0.361. The predicted molar refractivity (Wildman–Crippen MR) is 190 cm³/mol. The molecule has 0 aliphatic heterocycles. The second-order valence-corrected chi connectivity index (χ2v) is 12.4.